The monoisotopic (exact) mass is 799 g/mol. The molecule has 10 aromatic carbocycles. The number of rotatable bonds is 6. The van der Waals surface area contributed by atoms with E-state index < -0.39 is 0 Å². The molecule has 0 aliphatic carbocycles. The Balaban J connectivity index is 1.28. The first-order chi connectivity index (χ1) is 30.0. The smallest absolute Gasteiger partial charge is 0.143 e. The van der Waals surface area contributed by atoms with Crippen molar-refractivity contribution in [2.24, 2.45) is 0 Å². The molecule has 0 amide bonds. The van der Waals surface area contributed by atoms with Crippen LogP contribution in [0, 0.1) is 27.7 Å². The number of hydrogen-bond donors (Lipinski definition) is 0. The van der Waals surface area contributed by atoms with Crippen molar-refractivity contribution >= 4 is 71.3 Å². The minimum atomic E-state index is 0.0563. The number of nitrogens with zero attached hydrogens (tertiary/aromatic N) is 1. The standard InChI is InChI=1S/C60H49NO/c1-36-24-37(2)27-41(26-36)43-30-45-34-51(40-18-20-46(21-19-40)60(5,6)7)52-31-44(42-28-38(3)25-39(4)29-42)33-54-57(52)56(45)53(32-43)58-50-23-22-49(35-55(50)62-59(54)58)61(47-14-10-8-11-15-47)48-16-12-9-13-17-48/h8-35H,1-7H3. The lowest BCUT2D eigenvalue weighted by Crippen LogP contribution is -2.10. The average molecular weight is 800 g/mol. The minimum Gasteiger partial charge on any atom is -0.455 e. The Morgan fingerprint density at radius 1 is 0.387 bits per heavy atom. The highest BCUT2D eigenvalue weighted by Gasteiger charge is 2.25. The molecule has 11 aromatic rings. The Labute approximate surface area is 364 Å². The van der Waals surface area contributed by atoms with Crippen LogP contribution in [0.2, 0.25) is 0 Å². The highest BCUT2D eigenvalue weighted by Crippen LogP contribution is 2.50. The van der Waals surface area contributed by atoms with Crippen molar-refractivity contribution in [3.05, 3.63) is 198 Å². The molecule has 1 aromatic heterocycles. The summed E-state index contributed by atoms with van der Waals surface area (Å²) in [5, 5.41) is 9.61. The molecule has 62 heavy (non-hydrogen) atoms. The zero-order valence-corrected chi connectivity index (χ0v) is 36.5. The van der Waals surface area contributed by atoms with Gasteiger partial charge in [0, 0.05) is 44.7 Å². The summed E-state index contributed by atoms with van der Waals surface area (Å²) >= 11 is 0. The van der Waals surface area contributed by atoms with Crippen LogP contribution >= 0.6 is 0 Å². The van der Waals surface area contributed by atoms with E-state index >= 15 is 0 Å². The van der Waals surface area contributed by atoms with E-state index in [2.05, 4.69) is 223 Å². The van der Waals surface area contributed by atoms with Crippen LogP contribution in [0.25, 0.3) is 87.6 Å². The van der Waals surface area contributed by atoms with Crippen LogP contribution in [0.5, 0.6) is 0 Å². The summed E-state index contributed by atoms with van der Waals surface area (Å²) in [6.45, 7) is 15.6. The Kier molecular flexibility index (Phi) is 8.67. The van der Waals surface area contributed by atoms with E-state index in [4.69, 9.17) is 4.42 Å². The van der Waals surface area contributed by atoms with Gasteiger partial charge in [-0.25, -0.2) is 0 Å². The van der Waals surface area contributed by atoms with E-state index in [1.165, 1.54) is 88.1 Å². The highest BCUT2D eigenvalue weighted by atomic mass is 16.3. The molecule has 2 nitrogen and oxygen atoms in total. The SMILES string of the molecule is Cc1cc(C)cc(-c2cc3cc(-c4ccc(C(C)(C)C)cc4)c4cc(-c5cc(C)cc(C)c5)cc5c6oc7cc(N(c8ccccc8)c8ccccc8)ccc7c6c(c2)c3c45)c1. The number of anilines is 3. The van der Waals surface area contributed by atoms with Crippen molar-refractivity contribution in [3.63, 3.8) is 0 Å². The summed E-state index contributed by atoms with van der Waals surface area (Å²) in [6, 6.07) is 63.2. The summed E-state index contributed by atoms with van der Waals surface area (Å²) in [6.07, 6.45) is 0. The lowest BCUT2D eigenvalue weighted by atomic mass is 9.82. The van der Waals surface area contributed by atoms with E-state index in [1.54, 1.807) is 0 Å². The topological polar surface area (TPSA) is 16.4 Å². The number of fused-ring (bicyclic) bond motifs is 5. The maximum absolute atomic E-state index is 7.33. The largest absolute Gasteiger partial charge is 0.455 e. The van der Waals surface area contributed by atoms with Gasteiger partial charge >= 0.3 is 0 Å². The van der Waals surface area contributed by atoms with Gasteiger partial charge in [0.2, 0.25) is 0 Å². The lowest BCUT2D eigenvalue weighted by Gasteiger charge is -2.25. The van der Waals surface area contributed by atoms with Crippen molar-refractivity contribution in [1.82, 2.24) is 0 Å². The van der Waals surface area contributed by atoms with Crippen LogP contribution in [0.3, 0.4) is 0 Å². The van der Waals surface area contributed by atoms with Gasteiger partial charge in [0.1, 0.15) is 11.2 Å². The van der Waals surface area contributed by atoms with Gasteiger partial charge < -0.3 is 9.32 Å². The van der Waals surface area contributed by atoms with Crippen LogP contribution in [-0.4, -0.2) is 0 Å². The molecule has 0 saturated heterocycles. The van der Waals surface area contributed by atoms with Crippen LogP contribution in [0.4, 0.5) is 17.1 Å². The van der Waals surface area contributed by atoms with Gasteiger partial charge in [0.15, 0.2) is 0 Å². The molecular weight excluding hydrogens is 751 g/mol. The highest BCUT2D eigenvalue weighted by molar-refractivity contribution is 6.39. The van der Waals surface area contributed by atoms with Gasteiger partial charge in [-0.3, -0.25) is 0 Å². The fourth-order valence-corrected chi connectivity index (χ4v) is 10.1. The first-order valence-corrected chi connectivity index (χ1v) is 21.8. The predicted octanol–water partition coefficient (Wildman–Crippen LogP) is 17.5. The Hall–Kier alpha value is -7.16. The maximum Gasteiger partial charge on any atom is 0.143 e. The van der Waals surface area contributed by atoms with Crippen LogP contribution in [0.15, 0.2) is 174 Å². The van der Waals surface area contributed by atoms with Gasteiger partial charge in [-0.2, -0.15) is 0 Å². The molecule has 0 spiro atoms. The third kappa shape index (κ3) is 6.32. The minimum absolute atomic E-state index is 0.0563. The molecule has 0 saturated carbocycles. The van der Waals surface area contributed by atoms with Gasteiger partial charge in [0.25, 0.3) is 0 Å². The van der Waals surface area contributed by atoms with Crippen molar-refractivity contribution in [3.8, 4) is 33.4 Å². The number of aryl methyl sites for hydroxylation is 4. The summed E-state index contributed by atoms with van der Waals surface area (Å²) in [7, 11) is 0. The summed E-state index contributed by atoms with van der Waals surface area (Å²) in [5.74, 6) is 0. The molecular formula is C60H49NO. The zero-order valence-electron chi connectivity index (χ0n) is 36.5. The molecule has 0 unspecified atom stereocenters. The van der Waals surface area contributed by atoms with Crippen molar-refractivity contribution in [2.45, 2.75) is 53.9 Å². The molecule has 300 valence electrons. The van der Waals surface area contributed by atoms with E-state index in [1.807, 2.05) is 0 Å². The van der Waals surface area contributed by atoms with Crippen LogP contribution < -0.4 is 4.90 Å². The fraction of sp³-hybridized carbons (Fsp3) is 0.133. The van der Waals surface area contributed by atoms with E-state index in [0.717, 1.165) is 44.4 Å². The third-order valence-electron chi connectivity index (χ3n) is 12.8. The quantitative estimate of drug-likeness (QED) is 0.156. The van der Waals surface area contributed by atoms with Gasteiger partial charge in [-0.15, -0.1) is 0 Å². The van der Waals surface area contributed by atoms with Gasteiger partial charge in [0.05, 0.1) is 0 Å². The zero-order chi connectivity index (χ0) is 42.4. The molecule has 1 heterocycles. The van der Waals surface area contributed by atoms with Crippen molar-refractivity contribution in [1.29, 1.82) is 0 Å². The maximum atomic E-state index is 7.33. The number of furan rings is 1. The molecule has 0 aliphatic rings. The molecule has 0 aliphatic heterocycles. The van der Waals surface area contributed by atoms with E-state index in [0.29, 0.717) is 0 Å². The summed E-state index contributed by atoms with van der Waals surface area (Å²) in [4.78, 5) is 2.31. The first-order valence-electron chi connectivity index (χ1n) is 21.8. The Bertz CT molecular complexity index is 3430. The molecule has 0 radical (unpaired) electrons. The van der Waals surface area contributed by atoms with Crippen molar-refractivity contribution < 1.29 is 4.42 Å². The average Bonchev–Trinajstić information content (AvgIpc) is 3.65. The molecule has 11 rings (SSSR count). The van der Waals surface area contributed by atoms with E-state index in [9.17, 15) is 0 Å². The normalized spacial score (nSPS) is 12.1. The van der Waals surface area contributed by atoms with Crippen molar-refractivity contribution in [2.75, 3.05) is 4.90 Å². The third-order valence-corrected chi connectivity index (χ3v) is 12.8. The van der Waals surface area contributed by atoms with Gasteiger partial charge in [-0.05, 0) is 160 Å². The van der Waals surface area contributed by atoms with Crippen LogP contribution in [-0.2, 0) is 5.41 Å². The van der Waals surface area contributed by atoms with Gasteiger partial charge in [-0.1, -0.05) is 140 Å². The second-order valence-electron chi connectivity index (χ2n) is 18.6. The summed E-state index contributed by atoms with van der Waals surface area (Å²) in [5.41, 5.74) is 18.7. The van der Waals surface area contributed by atoms with E-state index in [-0.39, 0.29) is 5.41 Å². The molecule has 0 N–H and O–H groups in total. The molecule has 0 atom stereocenters. The second kappa shape index (κ2) is 14.2. The second-order valence-corrected chi connectivity index (χ2v) is 18.6. The fourth-order valence-electron chi connectivity index (χ4n) is 10.1. The molecule has 2 heteroatoms. The molecule has 0 fully saturated rings. The number of hydrogen-bond acceptors (Lipinski definition) is 2. The lowest BCUT2D eigenvalue weighted by molar-refractivity contribution is 0.590. The number of benzene rings is 10. The Morgan fingerprint density at radius 3 is 1.50 bits per heavy atom. The first kappa shape index (κ1) is 37.8. The van der Waals surface area contributed by atoms with Crippen LogP contribution in [0.1, 0.15) is 48.6 Å². The number of para-hydroxylation sites is 2. The molecule has 0 bridgehead atoms. The predicted molar refractivity (Wildman–Crippen MR) is 266 cm³/mol. The summed E-state index contributed by atoms with van der Waals surface area (Å²) < 4.78 is 7.33. The Morgan fingerprint density at radius 2 is 0.919 bits per heavy atom.